The molecule has 0 aliphatic rings. The van der Waals surface area contributed by atoms with Gasteiger partial charge in [-0.3, -0.25) is 0 Å². The van der Waals surface area contributed by atoms with Gasteiger partial charge in [0, 0.05) is 5.56 Å². The fourth-order valence-electron chi connectivity index (χ4n) is 2.24. The van der Waals surface area contributed by atoms with Gasteiger partial charge in [-0.1, -0.05) is 6.07 Å². The van der Waals surface area contributed by atoms with Gasteiger partial charge in [0.1, 0.15) is 0 Å². The molecule has 3 rings (SSSR count). The molecule has 0 spiro atoms. The van der Waals surface area contributed by atoms with Crippen LogP contribution >= 0.6 is 15.9 Å². The van der Waals surface area contributed by atoms with Gasteiger partial charge >= 0.3 is 5.69 Å². The van der Waals surface area contributed by atoms with E-state index in [1.54, 1.807) is 6.26 Å². The molecule has 0 amide bonds. The number of aromatic nitrogens is 2. The Morgan fingerprint density at radius 3 is 2.74 bits per heavy atom. The Morgan fingerprint density at radius 1 is 1.26 bits per heavy atom. The first-order valence-electron chi connectivity index (χ1n) is 5.81. The van der Waals surface area contributed by atoms with Crippen LogP contribution in [-0.4, -0.2) is 17.0 Å². The molecule has 1 unspecified atom stereocenters. The van der Waals surface area contributed by atoms with Gasteiger partial charge in [-0.2, -0.15) is 0 Å². The van der Waals surface area contributed by atoms with Crippen LogP contribution in [0.25, 0.3) is 11.0 Å². The second kappa shape index (κ2) is 4.71. The Hall–Kier alpha value is -1.79. The SMILES string of the molecule is CNC(c1ccc2[nH]c(=O)[nH]c2c1)c1ccoc1Br. The predicted molar refractivity (Wildman–Crippen MR) is 76.2 cm³/mol. The summed E-state index contributed by atoms with van der Waals surface area (Å²) in [6.45, 7) is 0. The molecule has 5 nitrogen and oxygen atoms in total. The van der Waals surface area contributed by atoms with E-state index in [-0.39, 0.29) is 11.7 Å². The molecule has 0 saturated heterocycles. The lowest BCUT2D eigenvalue weighted by Crippen LogP contribution is -2.17. The molecule has 1 aromatic carbocycles. The maximum Gasteiger partial charge on any atom is 0.323 e. The molecule has 3 N–H and O–H groups in total. The van der Waals surface area contributed by atoms with Gasteiger partial charge in [0.2, 0.25) is 0 Å². The monoisotopic (exact) mass is 321 g/mol. The predicted octanol–water partition coefficient (Wildman–Crippen LogP) is 2.52. The van der Waals surface area contributed by atoms with E-state index in [0.717, 1.165) is 22.2 Å². The molecule has 0 radical (unpaired) electrons. The summed E-state index contributed by atoms with van der Waals surface area (Å²) in [5.74, 6) is 0. The highest BCUT2D eigenvalue weighted by Gasteiger charge is 2.17. The molecule has 2 heterocycles. The summed E-state index contributed by atoms with van der Waals surface area (Å²) in [7, 11) is 1.88. The molecule has 0 aliphatic carbocycles. The van der Waals surface area contributed by atoms with Crippen molar-refractivity contribution in [2.45, 2.75) is 6.04 Å². The highest BCUT2D eigenvalue weighted by molar-refractivity contribution is 9.10. The Bertz CT molecular complexity index is 771. The molecule has 3 aromatic rings. The van der Waals surface area contributed by atoms with Crippen molar-refractivity contribution in [1.29, 1.82) is 0 Å². The minimum atomic E-state index is -0.197. The van der Waals surface area contributed by atoms with Crippen molar-refractivity contribution in [3.8, 4) is 0 Å². The number of hydrogen-bond donors (Lipinski definition) is 3. The molecule has 1 atom stereocenters. The number of furan rings is 1. The van der Waals surface area contributed by atoms with E-state index in [4.69, 9.17) is 4.42 Å². The number of fused-ring (bicyclic) bond motifs is 1. The smallest absolute Gasteiger partial charge is 0.323 e. The molecule has 19 heavy (non-hydrogen) atoms. The number of H-pyrrole nitrogens is 2. The quantitative estimate of drug-likeness (QED) is 0.694. The van der Waals surface area contributed by atoms with Crippen molar-refractivity contribution in [2.75, 3.05) is 7.05 Å². The summed E-state index contributed by atoms with van der Waals surface area (Å²) in [4.78, 5) is 16.8. The van der Waals surface area contributed by atoms with Crippen LogP contribution < -0.4 is 11.0 Å². The fourth-order valence-corrected chi connectivity index (χ4v) is 2.71. The van der Waals surface area contributed by atoms with Crippen molar-refractivity contribution in [3.63, 3.8) is 0 Å². The van der Waals surface area contributed by atoms with E-state index in [2.05, 4.69) is 31.2 Å². The van der Waals surface area contributed by atoms with Crippen LogP contribution in [0.2, 0.25) is 0 Å². The third kappa shape index (κ3) is 2.13. The lowest BCUT2D eigenvalue weighted by Gasteiger charge is -2.15. The Labute approximate surface area is 117 Å². The van der Waals surface area contributed by atoms with Gasteiger partial charge in [-0.05, 0) is 46.7 Å². The van der Waals surface area contributed by atoms with Crippen molar-refractivity contribution < 1.29 is 4.42 Å². The number of halogens is 1. The van der Waals surface area contributed by atoms with Crippen LogP contribution in [0.3, 0.4) is 0 Å². The minimum absolute atomic E-state index is 0.00377. The van der Waals surface area contributed by atoms with E-state index < -0.39 is 0 Å². The normalized spacial score (nSPS) is 12.9. The van der Waals surface area contributed by atoms with Crippen molar-refractivity contribution in [3.05, 3.63) is 56.8 Å². The summed E-state index contributed by atoms with van der Waals surface area (Å²) in [5.41, 5.74) is 3.46. The Kier molecular flexibility index (Phi) is 3.04. The van der Waals surface area contributed by atoms with Gasteiger partial charge in [-0.25, -0.2) is 4.79 Å². The van der Waals surface area contributed by atoms with Crippen LogP contribution in [0, 0.1) is 0 Å². The number of benzene rings is 1. The second-order valence-corrected chi connectivity index (χ2v) is 4.98. The molecule has 0 aliphatic heterocycles. The van der Waals surface area contributed by atoms with Crippen LogP contribution in [0.5, 0.6) is 0 Å². The number of hydrogen-bond acceptors (Lipinski definition) is 3. The van der Waals surface area contributed by atoms with E-state index in [9.17, 15) is 4.79 Å². The largest absolute Gasteiger partial charge is 0.457 e. The first-order chi connectivity index (χ1) is 9.19. The van der Waals surface area contributed by atoms with Gasteiger partial charge < -0.3 is 19.7 Å². The minimum Gasteiger partial charge on any atom is -0.457 e. The van der Waals surface area contributed by atoms with Crippen LogP contribution in [0.15, 0.2) is 44.4 Å². The maximum atomic E-state index is 11.3. The maximum absolute atomic E-state index is 11.3. The zero-order valence-electron chi connectivity index (χ0n) is 10.2. The van der Waals surface area contributed by atoms with Crippen LogP contribution in [-0.2, 0) is 0 Å². The van der Waals surface area contributed by atoms with Gasteiger partial charge in [0.05, 0.1) is 23.3 Å². The lowest BCUT2D eigenvalue weighted by atomic mass is 10.0. The van der Waals surface area contributed by atoms with Crippen molar-refractivity contribution in [1.82, 2.24) is 15.3 Å². The van der Waals surface area contributed by atoms with Crippen molar-refractivity contribution in [2.24, 2.45) is 0 Å². The zero-order chi connectivity index (χ0) is 13.4. The molecule has 0 fully saturated rings. The van der Waals surface area contributed by atoms with Gasteiger partial charge in [0.15, 0.2) is 4.67 Å². The summed E-state index contributed by atoms with van der Waals surface area (Å²) in [5, 5.41) is 3.24. The zero-order valence-corrected chi connectivity index (χ0v) is 11.7. The average Bonchev–Trinajstić information content (AvgIpc) is 2.95. The second-order valence-electron chi connectivity index (χ2n) is 4.26. The molecule has 98 valence electrons. The molecule has 2 aromatic heterocycles. The van der Waals surface area contributed by atoms with Gasteiger partial charge in [-0.15, -0.1) is 0 Å². The Morgan fingerprint density at radius 2 is 2.05 bits per heavy atom. The first kappa shape index (κ1) is 12.3. The highest BCUT2D eigenvalue weighted by Crippen LogP contribution is 2.30. The third-order valence-corrected chi connectivity index (χ3v) is 3.76. The van der Waals surface area contributed by atoms with E-state index >= 15 is 0 Å². The summed E-state index contributed by atoms with van der Waals surface area (Å²) in [6, 6.07) is 7.73. The molecule has 0 bridgehead atoms. The number of nitrogens with one attached hydrogen (secondary N) is 3. The Balaban J connectivity index is 2.11. The molecule has 6 heteroatoms. The average molecular weight is 322 g/mol. The fraction of sp³-hybridized carbons (Fsp3) is 0.154. The number of imidazole rings is 1. The van der Waals surface area contributed by atoms with E-state index in [1.807, 2.05) is 31.3 Å². The first-order valence-corrected chi connectivity index (χ1v) is 6.60. The summed E-state index contributed by atoms with van der Waals surface area (Å²) >= 11 is 3.39. The molecular weight excluding hydrogens is 310 g/mol. The van der Waals surface area contributed by atoms with Crippen LogP contribution in [0.4, 0.5) is 0 Å². The summed E-state index contributed by atoms with van der Waals surface area (Å²) in [6.07, 6.45) is 1.64. The van der Waals surface area contributed by atoms with Crippen LogP contribution in [0.1, 0.15) is 17.2 Å². The molecular formula is C13H12BrN3O2. The standard InChI is InChI=1S/C13H12BrN3O2/c1-15-11(8-4-5-19-12(8)14)7-2-3-9-10(6-7)17-13(18)16-9/h2-6,11,15H,1H3,(H2,16,17,18). The van der Waals surface area contributed by atoms with Crippen molar-refractivity contribution >= 4 is 27.0 Å². The topological polar surface area (TPSA) is 73.8 Å². The lowest BCUT2D eigenvalue weighted by molar-refractivity contribution is 0.530. The third-order valence-electron chi connectivity index (χ3n) is 3.12. The number of aromatic amines is 2. The van der Waals surface area contributed by atoms with E-state index in [1.165, 1.54) is 0 Å². The number of rotatable bonds is 3. The summed E-state index contributed by atoms with van der Waals surface area (Å²) < 4.78 is 5.98. The van der Waals surface area contributed by atoms with Gasteiger partial charge in [0.25, 0.3) is 0 Å². The highest BCUT2D eigenvalue weighted by atomic mass is 79.9. The van der Waals surface area contributed by atoms with E-state index in [0.29, 0.717) is 4.67 Å². The molecule has 0 saturated carbocycles.